The maximum Gasteiger partial charge on any atom is 0.115 e. The van der Waals surface area contributed by atoms with Crippen LogP contribution >= 0.6 is 0 Å². The summed E-state index contributed by atoms with van der Waals surface area (Å²) in [4.78, 5) is 0. The van der Waals surface area contributed by atoms with Crippen LogP contribution in [0.4, 0.5) is 0 Å². The molecule has 80 valence electrons. The van der Waals surface area contributed by atoms with Crippen LogP contribution < -0.4 is 5.32 Å². The molecule has 2 aliphatic rings. The summed E-state index contributed by atoms with van der Waals surface area (Å²) in [7, 11) is 0. The summed E-state index contributed by atoms with van der Waals surface area (Å²) in [6, 6.07) is 7.78. The van der Waals surface area contributed by atoms with Gasteiger partial charge in [0.2, 0.25) is 0 Å². The zero-order valence-corrected chi connectivity index (χ0v) is 8.87. The van der Waals surface area contributed by atoms with Crippen molar-refractivity contribution in [3.05, 3.63) is 29.8 Å². The summed E-state index contributed by atoms with van der Waals surface area (Å²) in [6.07, 6.45) is 4.07. The Kier molecular flexibility index (Phi) is 1.99. The molecule has 1 aliphatic heterocycles. The number of benzene rings is 1. The van der Waals surface area contributed by atoms with E-state index in [0.717, 1.165) is 13.1 Å². The van der Waals surface area contributed by atoms with Crippen molar-refractivity contribution in [3.8, 4) is 5.75 Å². The van der Waals surface area contributed by atoms with Crippen molar-refractivity contribution in [1.29, 1.82) is 0 Å². The van der Waals surface area contributed by atoms with Gasteiger partial charge >= 0.3 is 0 Å². The molecule has 0 aromatic heterocycles. The monoisotopic (exact) mass is 203 g/mol. The number of rotatable bonds is 1. The Bertz CT molecular complexity index is 371. The second kappa shape index (κ2) is 3.24. The summed E-state index contributed by atoms with van der Waals surface area (Å²) >= 11 is 0. The maximum atomic E-state index is 9.51. The molecule has 0 amide bonds. The third-order valence-electron chi connectivity index (χ3n) is 4.19. The van der Waals surface area contributed by atoms with E-state index in [4.69, 9.17) is 0 Å². The zero-order chi connectivity index (χ0) is 10.3. The highest BCUT2D eigenvalue weighted by molar-refractivity contribution is 5.33. The predicted octanol–water partition coefficient (Wildman–Crippen LogP) is 2.25. The molecule has 1 aromatic carbocycles. The number of aromatic hydroxyl groups is 1. The van der Waals surface area contributed by atoms with Crippen LogP contribution in [0.1, 0.15) is 30.7 Å². The van der Waals surface area contributed by atoms with Crippen molar-refractivity contribution in [1.82, 2.24) is 5.32 Å². The topological polar surface area (TPSA) is 32.3 Å². The van der Waals surface area contributed by atoms with Crippen molar-refractivity contribution in [2.24, 2.45) is 5.41 Å². The molecule has 2 heteroatoms. The van der Waals surface area contributed by atoms with E-state index in [0.29, 0.717) is 17.1 Å². The van der Waals surface area contributed by atoms with E-state index >= 15 is 0 Å². The molecule has 2 N–H and O–H groups in total. The van der Waals surface area contributed by atoms with Gasteiger partial charge in [-0.1, -0.05) is 18.6 Å². The molecule has 3 rings (SSSR count). The van der Waals surface area contributed by atoms with Crippen LogP contribution in [0, 0.1) is 5.41 Å². The van der Waals surface area contributed by atoms with Crippen molar-refractivity contribution in [3.63, 3.8) is 0 Å². The second-order valence-corrected chi connectivity index (χ2v) is 4.99. The summed E-state index contributed by atoms with van der Waals surface area (Å²) in [5, 5.41) is 13.0. The van der Waals surface area contributed by atoms with Gasteiger partial charge in [-0.15, -0.1) is 0 Å². The Morgan fingerprint density at radius 1 is 1.33 bits per heavy atom. The van der Waals surface area contributed by atoms with E-state index in [-0.39, 0.29) is 0 Å². The molecule has 0 bridgehead atoms. The van der Waals surface area contributed by atoms with Gasteiger partial charge in [0.25, 0.3) is 0 Å². The molecular weight excluding hydrogens is 186 g/mol. The molecule has 1 saturated heterocycles. The molecular formula is C13H17NO. The average molecular weight is 203 g/mol. The predicted molar refractivity (Wildman–Crippen MR) is 60.0 cm³/mol. The number of hydrogen-bond acceptors (Lipinski definition) is 2. The largest absolute Gasteiger partial charge is 0.508 e. The number of phenolic OH excluding ortho intramolecular Hbond substituents is 1. The van der Waals surface area contributed by atoms with Gasteiger partial charge in [0.1, 0.15) is 5.75 Å². The molecule has 0 radical (unpaired) electrons. The smallest absolute Gasteiger partial charge is 0.115 e. The Hall–Kier alpha value is -1.02. The molecule has 1 aliphatic carbocycles. The van der Waals surface area contributed by atoms with E-state index in [2.05, 4.69) is 11.4 Å². The lowest BCUT2D eigenvalue weighted by Gasteiger charge is -2.43. The molecule has 15 heavy (non-hydrogen) atoms. The summed E-state index contributed by atoms with van der Waals surface area (Å²) in [5.74, 6) is 1.01. The molecule has 2 nitrogen and oxygen atoms in total. The molecule has 1 aromatic rings. The first-order chi connectivity index (χ1) is 7.30. The van der Waals surface area contributed by atoms with Gasteiger partial charge in [-0.3, -0.25) is 0 Å². The van der Waals surface area contributed by atoms with Crippen LogP contribution in [0.25, 0.3) is 0 Å². The lowest BCUT2D eigenvalue weighted by molar-refractivity contribution is 0.137. The number of hydrogen-bond donors (Lipinski definition) is 2. The molecule has 1 unspecified atom stereocenters. The summed E-state index contributed by atoms with van der Waals surface area (Å²) < 4.78 is 0. The first kappa shape index (κ1) is 9.22. The standard InChI is InChI=1S/C13H17NO/c15-11-4-1-3-10(7-11)12-8-14-9-13(12)5-2-6-13/h1,3-4,7,12,14-15H,2,5-6,8-9H2. The normalized spacial score (nSPS) is 27.9. The van der Waals surface area contributed by atoms with Crippen molar-refractivity contribution < 1.29 is 5.11 Å². The Morgan fingerprint density at radius 2 is 2.20 bits per heavy atom. The fraction of sp³-hybridized carbons (Fsp3) is 0.538. The minimum Gasteiger partial charge on any atom is -0.508 e. The van der Waals surface area contributed by atoms with Gasteiger partial charge in [0.05, 0.1) is 0 Å². The SMILES string of the molecule is Oc1cccc(C2CNCC23CCC3)c1. The molecule has 1 heterocycles. The third-order valence-corrected chi connectivity index (χ3v) is 4.19. The van der Waals surface area contributed by atoms with E-state index in [9.17, 15) is 5.11 Å². The van der Waals surface area contributed by atoms with Crippen LogP contribution in [-0.4, -0.2) is 18.2 Å². The van der Waals surface area contributed by atoms with Gasteiger partial charge in [-0.2, -0.15) is 0 Å². The molecule has 1 spiro atoms. The van der Waals surface area contributed by atoms with Gasteiger partial charge in [-0.05, 0) is 36.0 Å². The Morgan fingerprint density at radius 3 is 2.87 bits per heavy atom. The van der Waals surface area contributed by atoms with E-state index in [1.54, 1.807) is 6.07 Å². The van der Waals surface area contributed by atoms with Gasteiger partial charge in [0.15, 0.2) is 0 Å². The van der Waals surface area contributed by atoms with E-state index in [1.807, 2.05) is 12.1 Å². The van der Waals surface area contributed by atoms with Crippen LogP contribution in [0.5, 0.6) is 5.75 Å². The summed E-state index contributed by atoms with van der Waals surface area (Å²) in [5.41, 5.74) is 1.81. The Labute approximate surface area is 90.3 Å². The van der Waals surface area contributed by atoms with Crippen LogP contribution in [0.15, 0.2) is 24.3 Å². The highest BCUT2D eigenvalue weighted by Crippen LogP contribution is 2.53. The van der Waals surface area contributed by atoms with Crippen molar-refractivity contribution in [2.45, 2.75) is 25.2 Å². The quantitative estimate of drug-likeness (QED) is 0.733. The minimum atomic E-state index is 0.397. The highest BCUT2D eigenvalue weighted by Gasteiger charge is 2.47. The second-order valence-electron chi connectivity index (χ2n) is 4.99. The number of nitrogens with one attached hydrogen (secondary N) is 1. The van der Waals surface area contributed by atoms with Crippen LogP contribution in [0.2, 0.25) is 0 Å². The summed E-state index contributed by atoms with van der Waals surface area (Å²) in [6.45, 7) is 2.23. The van der Waals surface area contributed by atoms with Gasteiger partial charge < -0.3 is 10.4 Å². The molecule has 1 saturated carbocycles. The van der Waals surface area contributed by atoms with Crippen molar-refractivity contribution in [2.75, 3.05) is 13.1 Å². The molecule has 1 atom stereocenters. The first-order valence-electron chi connectivity index (χ1n) is 5.80. The highest BCUT2D eigenvalue weighted by atomic mass is 16.3. The molecule has 2 fully saturated rings. The Balaban J connectivity index is 1.93. The third kappa shape index (κ3) is 1.36. The van der Waals surface area contributed by atoms with Crippen LogP contribution in [0.3, 0.4) is 0 Å². The number of phenols is 1. The van der Waals surface area contributed by atoms with Crippen LogP contribution in [-0.2, 0) is 0 Å². The van der Waals surface area contributed by atoms with Gasteiger partial charge in [0, 0.05) is 19.0 Å². The van der Waals surface area contributed by atoms with Crippen molar-refractivity contribution >= 4 is 0 Å². The lowest BCUT2D eigenvalue weighted by Crippen LogP contribution is -2.35. The fourth-order valence-electron chi connectivity index (χ4n) is 3.17. The van der Waals surface area contributed by atoms with Gasteiger partial charge in [-0.25, -0.2) is 0 Å². The van der Waals surface area contributed by atoms with E-state index in [1.165, 1.54) is 24.8 Å². The lowest BCUT2D eigenvalue weighted by atomic mass is 9.61. The fourth-order valence-corrected chi connectivity index (χ4v) is 3.17. The first-order valence-corrected chi connectivity index (χ1v) is 5.80. The zero-order valence-electron chi connectivity index (χ0n) is 8.87. The minimum absolute atomic E-state index is 0.397. The average Bonchev–Trinajstić information content (AvgIpc) is 2.61. The van der Waals surface area contributed by atoms with E-state index < -0.39 is 0 Å². The maximum absolute atomic E-state index is 9.51.